The standard InChI is InChI=1S/C16H34N4.HI/c1-4-5-10-18-16(17-3)19-11-6-7-12-20-13-8-15(2)9-14-20;/h15H,4-14H2,1-3H3,(H2,17,18,19);1H. The van der Waals surface area contributed by atoms with Crippen LogP contribution in [0, 0.1) is 5.92 Å². The van der Waals surface area contributed by atoms with E-state index in [4.69, 9.17) is 0 Å². The van der Waals surface area contributed by atoms with Gasteiger partial charge in [0.2, 0.25) is 0 Å². The molecule has 2 N–H and O–H groups in total. The van der Waals surface area contributed by atoms with Crippen molar-refractivity contribution in [1.82, 2.24) is 15.5 Å². The maximum absolute atomic E-state index is 4.24. The third-order valence-corrected chi connectivity index (χ3v) is 4.12. The van der Waals surface area contributed by atoms with Crippen LogP contribution in [0.25, 0.3) is 0 Å². The lowest BCUT2D eigenvalue weighted by molar-refractivity contribution is 0.189. The van der Waals surface area contributed by atoms with Gasteiger partial charge in [-0.05, 0) is 57.7 Å². The van der Waals surface area contributed by atoms with Crippen molar-refractivity contribution in [2.75, 3.05) is 39.8 Å². The average Bonchev–Trinajstić information content (AvgIpc) is 2.47. The molecule has 126 valence electrons. The first-order chi connectivity index (χ1) is 9.76. The minimum absolute atomic E-state index is 0. The molecule has 1 fully saturated rings. The molecule has 1 rings (SSSR count). The van der Waals surface area contributed by atoms with Crippen LogP contribution in [0.3, 0.4) is 0 Å². The SMILES string of the molecule is CCCCNC(=NC)NCCCCN1CCC(C)CC1.I. The van der Waals surface area contributed by atoms with Gasteiger partial charge in [0.05, 0.1) is 0 Å². The molecule has 0 radical (unpaired) electrons. The van der Waals surface area contributed by atoms with Crippen LogP contribution in [0.15, 0.2) is 4.99 Å². The summed E-state index contributed by atoms with van der Waals surface area (Å²) in [5.41, 5.74) is 0. The van der Waals surface area contributed by atoms with E-state index in [2.05, 4.69) is 34.4 Å². The predicted molar refractivity (Wildman–Crippen MR) is 104 cm³/mol. The molecule has 1 aliphatic heterocycles. The van der Waals surface area contributed by atoms with Crippen molar-refractivity contribution in [3.63, 3.8) is 0 Å². The highest BCUT2D eigenvalue weighted by Gasteiger charge is 2.14. The summed E-state index contributed by atoms with van der Waals surface area (Å²) in [7, 11) is 1.84. The normalized spacial score (nSPS) is 17.4. The van der Waals surface area contributed by atoms with Crippen molar-refractivity contribution >= 4 is 29.9 Å². The van der Waals surface area contributed by atoms with Gasteiger partial charge >= 0.3 is 0 Å². The van der Waals surface area contributed by atoms with Crippen molar-refractivity contribution in [3.05, 3.63) is 0 Å². The van der Waals surface area contributed by atoms with E-state index < -0.39 is 0 Å². The molecule has 0 atom stereocenters. The first-order valence-electron chi connectivity index (χ1n) is 8.43. The molecule has 1 aliphatic rings. The van der Waals surface area contributed by atoms with Crippen LogP contribution in [-0.2, 0) is 0 Å². The Bertz CT molecular complexity index is 263. The molecule has 5 heteroatoms. The van der Waals surface area contributed by atoms with Gasteiger partial charge in [0.25, 0.3) is 0 Å². The molecule has 0 unspecified atom stereocenters. The fourth-order valence-corrected chi connectivity index (χ4v) is 2.56. The fourth-order valence-electron chi connectivity index (χ4n) is 2.56. The van der Waals surface area contributed by atoms with Crippen LogP contribution in [-0.4, -0.2) is 50.6 Å². The first-order valence-corrected chi connectivity index (χ1v) is 8.43. The lowest BCUT2D eigenvalue weighted by Gasteiger charge is -2.30. The van der Waals surface area contributed by atoms with Crippen molar-refractivity contribution in [2.24, 2.45) is 10.9 Å². The highest BCUT2D eigenvalue weighted by atomic mass is 127. The molecule has 0 bridgehead atoms. The number of nitrogens with zero attached hydrogens (tertiary/aromatic N) is 2. The Balaban J connectivity index is 0.00000400. The number of likely N-dealkylation sites (tertiary alicyclic amines) is 1. The molecular formula is C16H35IN4. The maximum atomic E-state index is 4.24. The van der Waals surface area contributed by atoms with Crippen LogP contribution in [0.5, 0.6) is 0 Å². The second kappa shape index (κ2) is 13.6. The van der Waals surface area contributed by atoms with Crippen molar-refractivity contribution < 1.29 is 0 Å². The zero-order valence-corrected chi connectivity index (χ0v) is 16.5. The Hall–Kier alpha value is -0.0400. The van der Waals surface area contributed by atoms with Crippen molar-refractivity contribution in [1.29, 1.82) is 0 Å². The number of hydrogen-bond donors (Lipinski definition) is 2. The van der Waals surface area contributed by atoms with E-state index in [9.17, 15) is 0 Å². The molecule has 1 heterocycles. The topological polar surface area (TPSA) is 39.7 Å². The first kappa shape index (κ1) is 21.0. The van der Waals surface area contributed by atoms with Gasteiger partial charge in [0, 0.05) is 20.1 Å². The minimum atomic E-state index is 0. The Morgan fingerprint density at radius 1 is 1.10 bits per heavy atom. The molecule has 0 saturated carbocycles. The Morgan fingerprint density at radius 2 is 1.71 bits per heavy atom. The highest BCUT2D eigenvalue weighted by molar-refractivity contribution is 14.0. The van der Waals surface area contributed by atoms with Gasteiger partial charge in [-0.2, -0.15) is 0 Å². The third kappa shape index (κ3) is 10.3. The zero-order chi connectivity index (χ0) is 14.6. The van der Waals surface area contributed by atoms with E-state index >= 15 is 0 Å². The van der Waals surface area contributed by atoms with Gasteiger partial charge in [-0.3, -0.25) is 4.99 Å². The molecule has 0 aromatic carbocycles. The van der Waals surface area contributed by atoms with Gasteiger partial charge in [-0.15, -0.1) is 24.0 Å². The third-order valence-electron chi connectivity index (χ3n) is 4.12. The highest BCUT2D eigenvalue weighted by Crippen LogP contribution is 2.15. The largest absolute Gasteiger partial charge is 0.356 e. The summed E-state index contributed by atoms with van der Waals surface area (Å²) in [5.74, 6) is 1.88. The minimum Gasteiger partial charge on any atom is -0.356 e. The monoisotopic (exact) mass is 410 g/mol. The van der Waals surface area contributed by atoms with E-state index in [1.54, 1.807) is 0 Å². The molecule has 21 heavy (non-hydrogen) atoms. The molecule has 0 spiro atoms. The van der Waals surface area contributed by atoms with Crippen LogP contribution < -0.4 is 10.6 Å². The number of hydrogen-bond acceptors (Lipinski definition) is 2. The van der Waals surface area contributed by atoms with Gasteiger partial charge in [-0.1, -0.05) is 20.3 Å². The second-order valence-electron chi connectivity index (χ2n) is 6.01. The Labute approximate surface area is 148 Å². The number of rotatable bonds is 8. The van der Waals surface area contributed by atoms with E-state index in [0.29, 0.717) is 0 Å². The molecular weight excluding hydrogens is 375 g/mol. The molecule has 4 nitrogen and oxygen atoms in total. The second-order valence-corrected chi connectivity index (χ2v) is 6.01. The van der Waals surface area contributed by atoms with E-state index in [0.717, 1.165) is 25.0 Å². The van der Waals surface area contributed by atoms with Gasteiger partial charge in [-0.25, -0.2) is 0 Å². The quantitative estimate of drug-likeness (QED) is 0.280. The lowest BCUT2D eigenvalue weighted by Crippen LogP contribution is -2.38. The number of guanidine groups is 1. The van der Waals surface area contributed by atoms with Crippen LogP contribution in [0.4, 0.5) is 0 Å². The summed E-state index contributed by atoms with van der Waals surface area (Å²) in [6.45, 7) is 10.5. The predicted octanol–water partition coefficient (Wildman–Crippen LogP) is 3.08. The lowest BCUT2D eigenvalue weighted by atomic mass is 9.99. The number of aliphatic imine (C=N–C) groups is 1. The fraction of sp³-hybridized carbons (Fsp3) is 0.938. The number of halogens is 1. The summed E-state index contributed by atoms with van der Waals surface area (Å²) in [6.07, 6.45) is 7.69. The molecule has 0 aromatic heterocycles. The summed E-state index contributed by atoms with van der Waals surface area (Å²) in [4.78, 5) is 6.86. The Kier molecular flexibility index (Phi) is 13.6. The van der Waals surface area contributed by atoms with Crippen LogP contribution in [0.2, 0.25) is 0 Å². The molecule has 0 aromatic rings. The molecule has 1 saturated heterocycles. The maximum Gasteiger partial charge on any atom is 0.190 e. The van der Waals surface area contributed by atoms with Gasteiger partial charge in [0.1, 0.15) is 0 Å². The average molecular weight is 410 g/mol. The summed E-state index contributed by atoms with van der Waals surface area (Å²) < 4.78 is 0. The Morgan fingerprint density at radius 3 is 2.29 bits per heavy atom. The van der Waals surface area contributed by atoms with Crippen LogP contribution in [0.1, 0.15) is 52.4 Å². The van der Waals surface area contributed by atoms with E-state index in [-0.39, 0.29) is 24.0 Å². The van der Waals surface area contributed by atoms with E-state index in [1.807, 2.05) is 7.05 Å². The number of unbranched alkanes of at least 4 members (excludes halogenated alkanes) is 2. The van der Waals surface area contributed by atoms with Gasteiger partial charge in [0.15, 0.2) is 5.96 Å². The van der Waals surface area contributed by atoms with Gasteiger partial charge < -0.3 is 15.5 Å². The van der Waals surface area contributed by atoms with Crippen molar-refractivity contribution in [2.45, 2.75) is 52.4 Å². The summed E-state index contributed by atoms with van der Waals surface area (Å²) in [5, 5.41) is 6.74. The molecule has 0 aliphatic carbocycles. The zero-order valence-electron chi connectivity index (χ0n) is 14.2. The van der Waals surface area contributed by atoms with E-state index in [1.165, 1.54) is 58.2 Å². The van der Waals surface area contributed by atoms with Crippen molar-refractivity contribution in [3.8, 4) is 0 Å². The summed E-state index contributed by atoms with van der Waals surface area (Å²) >= 11 is 0. The smallest absolute Gasteiger partial charge is 0.190 e. The number of piperidine rings is 1. The summed E-state index contributed by atoms with van der Waals surface area (Å²) in [6, 6.07) is 0. The molecule has 0 amide bonds. The van der Waals surface area contributed by atoms with Crippen LogP contribution >= 0.6 is 24.0 Å². The number of nitrogens with one attached hydrogen (secondary N) is 2.